The summed E-state index contributed by atoms with van der Waals surface area (Å²) in [6, 6.07) is 19.8. The quantitative estimate of drug-likeness (QED) is 0.549. The fraction of sp³-hybridized carbons (Fsp3) is 0.259. The van der Waals surface area contributed by atoms with Crippen molar-refractivity contribution in [2.75, 3.05) is 19.5 Å². The molecule has 3 aromatic carbocycles. The number of rotatable bonds is 6. The highest BCUT2D eigenvalue weighted by atomic mass is 16.5. The highest BCUT2D eigenvalue weighted by molar-refractivity contribution is 6.01. The van der Waals surface area contributed by atoms with Crippen molar-refractivity contribution < 1.29 is 19.4 Å². The van der Waals surface area contributed by atoms with Gasteiger partial charge >= 0.3 is 0 Å². The van der Waals surface area contributed by atoms with Crippen LogP contribution in [0.1, 0.15) is 48.3 Å². The smallest absolute Gasteiger partial charge is 0.254 e. The van der Waals surface area contributed by atoms with Crippen molar-refractivity contribution in [3.8, 4) is 11.5 Å². The first kappa shape index (κ1) is 23.9. The van der Waals surface area contributed by atoms with Gasteiger partial charge in [0.15, 0.2) is 0 Å². The van der Waals surface area contributed by atoms with E-state index in [0.717, 1.165) is 5.56 Å². The zero-order valence-corrected chi connectivity index (χ0v) is 19.6. The molecule has 0 aliphatic carbocycles. The molecule has 0 radical (unpaired) electrons. The van der Waals surface area contributed by atoms with E-state index < -0.39 is 6.04 Å². The second kappa shape index (κ2) is 9.77. The summed E-state index contributed by atoms with van der Waals surface area (Å²) in [6.07, 6.45) is 0. The monoisotopic (exact) mass is 446 g/mol. The lowest BCUT2D eigenvalue weighted by molar-refractivity contribution is -0.120. The molecule has 0 heterocycles. The summed E-state index contributed by atoms with van der Waals surface area (Å²) in [4.78, 5) is 27.9. The first-order chi connectivity index (χ1) is 15.6. The van der Waals surface area contributed by atoms with Crippen LogP contribution in [0.15, 0.2) is 72.8 Å². The van der Waals surface area contributed by atoms with Crippen molar-refractivity contribution in [2.45, 2.75) is 32.2 Å². The first-order valence-electron chi connectivity index (χ1n) is 10.7. The third-order valence-corrected chi connectivity index (χ3v) is 5.52. The lowest BCUT2D eigenvalue weighted by atomic mass is 9.87. The molecule has 0 fully saturated rings. The fourth-order valence-corrected chi connectivity index (χ4v) is 3.53. The van der Waals surface area contributed by atoms with Gasteiger partial charge in [-0.25, -0.2) is 0 Å². The van der Waals surface area contributed by atoms with Gasteiger partial charge in [-0.2, -0.15) is 0 Å². The SMILES string of the molecule is COc1ccc(C(C(=O)Nc2ccc(C(C)(C)C)cc2)N(C)C(=O)c2ccc(O)cc2)cc1. The summed E-state index contributed by atoms with van der Waals surface area (Å²) in [6.45, 7) is 6.39. The van der Waals surface area contributed by atoms with Crippen LogP contribution in [0.4, 0.5) is 5.69 Å². The summed E-state index contributed by atoms with van der Waals surface area (Å²) < 4.78 is 5.23. The Kier molecular flexibility index (Phi) is 7.07. The molecule has 172 valence electrons. The lowest BCUT2D eigenvalue weighted by Gasteiger charge is -2.28. The van der Waals surface area contributed by atoms with E-state index in [9.17, 15) is 14.7 Å². The Morgan fingerprint density at radius 3 is 2.00 bits per heavy atom. The Bertz CT molecular complexity index is 1100. The standard InChI is InChI=1S/C27H30N2O4/c1-27(2,3)20-10-12-21(13-11-20)28-25(31)24(18-8-16-23(33-5)17-9-18)29(4)26(32)19-6-14-22(30)15-7-19/h6-17,24,30H,1-5H3,(H,28,31). The van der Waals surface area contributed by atoms with Crippen LogP contribution in [0.25, 0.3) is 0 Å². The van der Waals surface area contributed by atoms with Crippen molar-refractivity contribution >= 4 is 17.5 Å². The molecule has 1 unspecified atom stereocenters. The minimum atomic E-state index is -0.875. The molecule has 3 aromatic rings. The number of amides is 2. The van der Waals surface area contributed by atoms with E-state index in [1.807, 2.05) is 24.3 Å². The average molecular weight is 447 g/mol. The Balaban J connectivity index is 1.91. The normalized spacial score (nSPS) is 12.0. The summed E-state index contributed by atoms with van der Waals surface area (Å²) in [5.41, 5.74) is 2.83. The number of ether oxygens (including phenoxy) is 1. The third-order valence-electron chi connectivity index (χ3n) is 5.52. The van der Waals surface area contributed by atoms with E-state index in [1.165, 1.54) is 29.2 Å². The number of phenolic OH excluding ortho intramolecular Hbond substituents is 1. The van der Waals surface area contributed by atoms with Gasteiger partial charge in [-0.1, -0.05) is 45.0 Å². The first-order valence-corrected chi connectivity index (χ1v) is 10.7. The number of phenols is 1. The zero-order valence-electron chi connectivity index (χ0n) is 19.6. The number of likely N-dealkylation sites (N-methyl/N-ethyl adjacent to an activating group) is 1. The van der Waals surface area contributed by atoms with Crippen LogP contribution >= 0.6 is 0 Å². The summed E-state index contributed by atoms with van der Waals surface area (Å²) in [5.74, 6) is 0.0490. The Labute approximate surface area is 194 Å². The van der Waals surface area contributed by atoms with E-state index in [0.29, 0.717) is 22.6 Å². The number of carbonyl (C=O) groups excluding carboxylic acids is 2. The number of anilines is 1. The molecule has 0 aliphatic rings. The van der Waals surface area contributed by atoms with Gasteiger partial charge < -0.3 is 20.1 Å². The van der Waals surface area contributed by atoms with Crippen LogP contribution in [0.2, 0.25) is 0 Å². The van der Waals surface area contributed by atoms with Crippen molar-refractivity contribution in [1.29, 1.82) is 0 Å². The van der Waals surface area contributed by atoms with Crippen LogP contribution in [-0.4, -0.2) is 36.0 Å². The highest BCUT2D eigenvalue weighted by Crippen LogP contribution is 2.27. The number of methoxy groups -OCH3 is 1. The molecule has 0 bridgehead atoms. The van der Waals surface area contributed by atoms with Gasteiger partial charge in [0.25, 0.3) is 11.8 Å². The molecule has 0 saturated carbocycles. The van der Waals surface area contributed by atoms with Crippen LogP contribution in [0.3, 0.4) is 0 Å². The minimum absolute atomic E-state index is 0.00488. The maximum Gasteiger partial charge on any atom is 0.254 e. The van der Waals surface area contributed by atoms with E-state index in [4.69, 9.17) is 4.74 Å². The Morgan fingerprint density at radius 1 is 0.909 bits per heavy atom. The number of hydrogen-bond acceptors (Lipinski definition) is 4. The maximum atomic E-state index is 13.4. The number of nitrogens with zero attached hydrogens (tertiary/aromatic N) is 1. The molecule has 6 heteroatoms. The van der Waals surface area contributed by atoms with Crippen molar-refractivity contribution in [1.82, 2.24) is 4.90 Å². The number of nitrogens with one attached hydrogen (secondary N) is 1. The Hall–Kier alpha value is -3.80. The summed E-state index contributed by atoms with van der Waals surface area (Å²) in [7, 11) is 3.16. The number of benzene rings is 3. The minimum Gasteiger partial charge on any atom is -0.508 e. The van der Waals surface area contributed by atoms with E-state index >= 15 is 0 Å². The molecule has 3 rings (SSSR count). The molecular formula is C27H30N2O4. The van der Waals surface area contributed by atoms with Crippen molar-refractivity contribution in [3.05, 3.63) is 89.5 Å². The molecular weight excluding hydrogens is 416 g/mol. The molecule has 0 saturated heterocycles. The van der Waals surface area contributed by atoms with Crippen LogP contribution in [0, 0.1) is 0 Å². The van der Waals surface area contributed by atoms with E-state index in [-0.39, 0.29) is 23.0 Å². The van der Waals surface area contributed by atoms with Gasteiger partial charge in [0.1, 0.15) is 17.5 Å². The number of hydrogen-bond donors (Lipinski definition) is 2. The van der Waals surface area contributed by atoms with Gasteiger partial charge in [0.2, 0.25) is 0 Å². The predicted octanol–water partition coefficient (Wildman–Crippen LogP) is 5.15. The van der Waals surface area contributed by atoms with Gasteiger partial charge in [-0.3, -0.25) is 9.59 Å². The maximum absolute atomic E-state index is 13.4. The van der Waals surface area contributed by atoms with Gasteiger partial charge in [0, 0.05) is 18.3 Å². The van der Waals surface area contributed by atoms with E-state index in [2.05, 4.69) is 26.1 Å². The molecule has 33 heavy (non-hydrogen) atoms. The lowest BCUT2D eigenvalue weighted by Crippen LogP contribution is -2.38. The number of carbonyl (C=O) groups is 2. The van der Waals surface area contributed by atoms with Gasteiger partial charge in [-0.15, -0.1) is 0 Å². The Morgan fingerprint density at radius 2 is 1.48 bits per heavy atom. The molecule has 2 N–H and O–H groups in total. The molecule has 6 nitrogen and oxygen atoms in total. The molecule has 1 atom stereocenters. The molecule has 0 spiro atoms. The highest BCUT2D eigenvalue weighted by Gasteiger charge is 2.29. The molecule has 2 amide bonds. The van der Waals surface area contributed by atoms with Crippen LogP contribution < -0.4 is 10.1 Å². The largest absolute Gasteiger partial charge is 0.508 e. The third kappa shape index (κ3) is 5.71. The van der Waals surface area contributed by atoms with Crippen molar-refractivity contribution in [3.63, 3.8) is 0 Å². The number of aromatic hydroxyl groups is 1. The van der Waals surface area contributed by atoms with Crippen LogP contribution in [-0.2, 0) is 10.2 Å². The predicted molar refractivity (Wildman–Crippen MR) is 130 cm³/mol. The molecule has 0 aromatic heterocycles. The van der Waals surface area contributed by atoms with E-state index in [1.54, 1.807) is 38.4 Å². The summed E-state index contributed by atoms with van der Waals surface area (Å²) in [5, 5.41) is 12.5. The average Bonchev–Trinajstić information content (AvgIpc) is 2.79. The molecule has 0 aliphatic heterocycles. The second-order valence-electron chi connectivity index (χ2n) is 8.96. The zero-order chi connectivity index (χ0) is 24.2. The summed E-state index contributed by atoms with van der Waals surface area (Å²) >= 11 is 0. The van der Waals surface area contributed by atoms with Gasteiger partial charge in [-0.05, 0) is 65.1 Å². The van der Waals surface area contributed by atoms with Crippen molar-refractivity contribution in [2.24, 2.45) is 0 Å². The van der Waals surface area contributed by atoms with Crippen LogP contribution in [0.5, 0.6) is 11.5 Å². The topological polar surface area (TPSA) is 78.9 Å². The second-order valence-corrected chi connectivity index (χ2v) is 8.96. The fourth-order valence-electron chi connectivity index (χ4n) is 3.53. The van der Waals surface area contributed by atoms with Gasteiger partial charge in [0.05, 0.1) is 7.11 Å².